The lowest BCUT2D eigenvalue weighted by Gasteiger charge is -2.18. The fourth-order valence-electron chi connectivity index (χ4n) is 2.73. The van der Waals surface area contributed by atoms with E-state index in [-0.39, 0.29) is 5.91 Å². The summed E-state index contributed by atoms with van der Waals surface area (Å²) in [6, 6.07) is 7.30. The van der Waals surface area contributed by atoms with Crippen LogP contribution in [0.2, 0.25) is 0 Å². The van der Waals surface area contributed by atoms with E-state index in [4.69, 9.17) is 9.47 Å². The van der Waals surface area contributed by atoms with Gasteiger partial charge in [0.05, 0.1) is 7.11 Å². The van der Waals surface area contributed by atoms with Crippen LogP contribution in [0.3, 0.4) is 0 Å². The van der Waals surface area contributed by atoms with Gasteiger partial charge in [-0.15, -0.1) is 0 Å². The Kier molecular flexibility index (Phi) is 6.98. The monoisotopic (exact) mass is 317 g/mol. The predicted octanol–water partition coefficient (Wildman–Crippen LogP) is 3.86. The first-order chi connectivity index (χ1) is 11.2. The smallest absolute Gasteiger partial charge is 0.261 e. The first kappa shape index (κ1) is 17.4. The summed E-state index contributed by atoms with van der Waals surface area (Å²) in [4.78, 5) is 12.3. The van der Waals surface area contributed by atoms with Crippen molar-refractivity contribution in [3.8, 4) is 11.5 Å². The zero-order valence-corrected chi connectivity index (χ0v) is 14.1. The van der Waals surface area contributed by atoms with Crippen molar-refractivity contribution in [1.29, 1.82) is 0 Å². The van der Waals surface area contributed by atoms with E-state index in [0.29, 0.717) is 18.7 Å². The number of rotatable bonds is 8. The third kappa shape index (κ3) is 5.62. The lowest BCUT2D eigenvalue weighted by Crippen LogP contribution is -2.38. The van der Waals surface area contributed by atoms with Gasteiger partial charge in [-0.2, -0.15) is 0 Å². The Balaban J connectivity index is 1.79. The van der Waals surface area contributed by atoms with Crippen LogP contribution < -0.4 is 14.8 Å². The van der Waals surface area contributed by atoms with Gasteiger partial charge in [-0.05, 0) is 62.8 Å². The molecule has 0 spiro atoms. The highest BCUT2D eigenvalue weighted by molar-refractivity contribution is 5.81. The van der Waals surface area contributed by atoms with Gasteiger partial charge in [0, 0.05) is 6.54 Å². The number of carbonyl (C=O) groups is 1. The molecule has 1 aromatic rings. The summed E-state index contributed by atoms with van der Waals surface area (Å²) in [5.41, 5.74) is 1.47. The van der Waals surface area contributed by atoms with Crippen LogP contribution in [0.1, 0.15) is 45.4 Å². The number of methoxy groups -OCH3 is 1. The van der Waals surface area contributed by atoms with Crippen LogP contribution in [0, 0.1) is 0 Å². The molecule has 0 saturated carbocycles. The predicted molar refractivity (Wildman–Crippen MR) is 91.9 cm³/mol. The molecule has 4 nitrogen and oxygen atoms in total. The van der Waals surface area contributed by atoms with Crippen LogP contribution >= 0.6 is 0 Å². The lowest BCUT2D eigenvalue weighted by atomic mass is 9.97. The largest absolute Gasteiger partial charge is 0.497 e. The number of amides is 1. The molecular weight excluding hydrogens is 290 g/mol. The minimum Gasteiger partial charge on any atom is -0.497 e. The highest BCUT2D eigenvalue weighted by Crippen LogP contribution is 2.20. The Bertz CT molecular complexity index is 522. The molecule has 4 heteroatoms. The minimum atomic E-state index is -0.455. The van der Waals surface area contributed by atoms with Crippen LogP contribution in [0.4, 0.5) is 0 Å². The highest BCUT2D eigenvalue weighted by atomic mass is 16.5. The number of carbonyl (C=O) groups excluding carboxylic acids is 1. The Hall–Kier alpha value is -1.97. The summed E-state index contributed by atoms with van der Waals surface area (Å²) in [5, 5.41) is 2.99. The van der Waals surface area contributed by atoms with Crippen molar-refractivity contribution in [2.45, 2.75) is 51.6 Å². The van der Waals surface area contributed by atoms with Crippen molar-refractivity contribution in [1.82, 2.24) is 5.32 Å². The van der Waals surface area contributed by atoms with E-state index in [1.54, 1.807) is 7.11 Å². The molecule has 0 saturated heterocycles. The maximum Gasteiger partial charge on any atom is 0.261 e. The van der Waals surface area contributed by atoms with Crippen molar-refractivity contribution in [2.75, 3.05) is 13.7 Å². The van der Waals surface area contributed by atoms with Crippen molar-refractivity contribution in [3.05, 3.63) is 35.9 Å². The molecule has 1 aromatic carbocycles. The van der Waals surface area contributed by atoms with Crippen LogP contribution in [0.25, 0.3) is 0 Å². The van der Waals surface area contributed by atoms with Gasteiger partial charge in [0.1, 0.15) is 11.5 Å². The normalized spacial score (nSPS) is 15.5. The van der Waals surface area contributed by atoms with E-state index in [1.165, 1.54) is 31.3 Å². The number of nitrogens with one attached hydrogen (secondary N) is 1. The second kappa shape index (κ2) is 9.23. The molecule has 0 unspecified atom stereocenters. The quantitative estimate of drug-likeness (QED) is 0.741. The summed E-state index contributed by atoms with van der Waals surface area (Å²) < 4.78 is 10.9. The molecule has 1 amide bonds. The third-order valence-corrected chi connectivity index (χ3v) is 4.13. The minimum absolute atomic E-state index is 0.0419. The van der Waals surface area contributed by atoms with Crippen molar-refractivity contribution in [3.63, 3.8) is 0 Å². The van der Waals surface area contributed by atoms with E-state index in [9.17, 15) is 4.79 Å². The fraction of sp³-hybridized carbons (Fsp3) is 0.526. The zero-order chi connectivity index (χ0) is 16.5. The molecule has 0 aliphatic heterocycles. The molecule has 126 valence electrons. The molecule has 23 heavy (non-hydrogen) atoms. The van der Waals surface area contributed by atoms with Gasteiger partial charge < -0.3 is 14.8 Å². The first-order valence-corrected chi connectivity index (χ1v) is 8.49. The molecule has 1 atom stereocenters. The summed E-state index contributed by atoms with van der Waals surface area (Å²) >= 11 is 0. The third-order valence-electron chi connectivity index (χ3n) is 4.13. The number of ether oxygens (including phenoxy) is 2. The Labute approximate surface area is 138 Å². The molecule has 0 bridgehead atoms. The number of hydrogen-bond acceptors (Lipinski definition) is 3. The second-order valence-electron chi connectivity index (χ2n) is 5.84. The summed E-state index contributed by atoms with van der Waals surface area (Å²) in [7, 11) is 1.62. The van der Waals surface area contributed by atoms with Crippen molar-refractivity contribution < 1.29 is 14.3 Å². The Morgan fingerprint density at radius 3 is 2.57 bits per heavy atom. The molecule has 0 aromatic heterocycles. The van der Waals surface area contributed by atoms with E-state index in [1.807, 2.05) is 31.2 Å². The summed E-state index contributed by atoms with van der Waals surface area (Å²) in [5.74, 6) is 1.41. The van der Waals surface area contributed by atoms with E-state index in [2.05, 4.69) is 11.4 Å². The van der Waals surface area contributed by atoms with Gasteiger partial charge in [-0.25, -0.2) is 0 Å². The molecule has 0 heterocycles. The molecule has 2 rings (SSSR count). The number of hydrogen-bond donors (Lipinski definition) is 1. The van der Waals surface area contributed by atoms with Crippen molar-refractivity contribution >= 4 is 5.91 Å². The maximum atomic E-state index is 12.3. The average Bonchev–Trinajstić information content (AvgIpc) is 2.61. The van der Waals surface area contributed by atoms with Crippen LogP contribution in [0.15, 0.2) is 35.9 Å². The molecule has 0 fully saturated rings. The van der Waals surface area contributed by atoms with Crippen LogP contribution in [0.5, 0.6) is 11.5 Å². The number of allylic oxidation sites excluding steroid dienone is 1. The van der Waals surface area contributed by atoms with E-state index in [0.717, 1.165) is 12.2 Å². The van der Waals surface area contributed by atoms with E-state index < -0.39 is 6.10 Å². The molecule has 1 aliphatic rings. The topological polar surface area (TPSA) is 47.6 Å². The summed E-state index contributed by atoms with van der Waals surface area (Å²) in [6.07, 6.45) is 8.38. The molecule has 1 N–H and O–H groups in total. The Morgan fingerprint density at radius 2 is 1.96 bits per heavy atom. The zero-order valence-electron chi connectivity index (χ0n) is 14.1. The van der Waals surface area contributed by atoms with Gasteiger partial charge in [-0.1, -0.05) is 18.6 Å². The lowest BCUT2D eigenvalue weighted by molar-refractivity contribution is -0.128. The first-order valence-electron chi connectivity index (χ1n) is 8.49. The average molecular weight is 317 g/mol. The fourth-order valence-corrected chi connectivity index (χ4v) is 2.73. The van der Waals surface area contributed by atoms with Crippen LogP contribution in [-0.2, 0) is 4.79 Å². The number of benzene rings is 1. The molecule has 1 aliphatic carbocycles. The van der Waals surface area contributed by atoms with Gasteiger partial charge in [0.2, 0.25) is 0 Å². The maximum absolute atomic E-state index is 12.3. The highest BCUT2D eigenvalue weighted by Gasteiger charge is 2.18. The van der Waals surface area contributed by atoms with Gasteiger partial charge >= 0.3 is 0 Å². The Morgan fingerprint density at radius 1 is 1.22 bits per heavy atom. The standard InChI is InChI=1S/C19H27NO3/c1-3-18(23-17-11-9-16(22-2)10-12-17)19(21)20-14-13-15-7-5-4-6-8-15/h7,9-12,18H,3-6,8,13-14H2,1-2H3,(H,20,21)/t18-/m1/s1. The second-order valence-corrected chi connectivity index (χ2v) is 5.84. The summed E-state index contributed by atoms with van der Waals surface area (Å²) in [6.45, 7) is 2.64. The molecule has 0 radical (unpaired) electrons. The van der Waals surface area contributed by atoms with E-state index >= 15 is 0 Å². The van der Waals surface area contributed by atoms with Gasteiger partial charge in [0.15, 0.2) is 6.10 Å². The van der Waals surface area contributed by atoms with Crippen LogP contribution in [-0.4, -0.2) is 25.7 Å². The van der Waals surface area contributed by atoms with Gasteiger partial charge in [-0.3, -0.25) is 4.79 Å². The van der Waals surface area contributed by atoms with Crippen molar-refractivity contribution in [2.24, 2.45) is 0 Å². The SMILES string of the molecule is CC[C@@H](Oc1ccc(OC)cc1)C(=O)NCCC1=CCCCC1. The molecular formula is C19H27NO3. The van der Waals surface area contributed by atoms with Gasteiger partial charge in [0.25, 0.3) is 5.91 Å².